The number of halogens is 1. The lowest BCUT2D eigenvalue weighted by molar-refractivity contribution is 0.483. The van der Waals surface area contributed by atoms with Crippen LogP contribution in [0.15, 0.2) is 78.9 Å². The minimum absolute atomic E-state index is 0.729. The van der Waals surface area contributed by atoms with Crippen LogP contribution < -0.4 is 10.1 Å². The van der Waals surface area contributed by atoms with Gasteiger partial charge in [-0.3, -0.25) is 0 Å². The largest absolute Gasteiger partial charge is 0.457 e. The lowest BCUT2D eigenvalue weighted by atomic mass is 10.2. The van der Waals surface area contributed by atoms with E-state index >= 15 is 0 Å². The molecule has 0 heterocycles. The lowest BCUT2D eigenvalue weighted by Gasteiger charge is -2.09. The third-order valence-electron chi connectivity index (χ3n) is 2.97. The molecule has 0 bridgehead atoms. The molecule has 0 saturated carbocycles. The fourth-order valence-electron chi connectivity index (χ4n) is 1.93. The van der Waals surface area contributed by atoms with Crippen LogP contribution in [-0.2, 0) is 0 Å². The zero-order chi connectivity index (χ0) is 14.5. The van der Waals surface area contributed by atoms with Crippen LogP contribution in [0.4, 0.5) is 11.4 Å². The highest BCUT2D eigenvalue weighted by atomic mass is 35.5. The molecule has 3 aromatic carbocycles. The fourth-order valence-corrected chi connectivity index (χ4v) is 2.06. The van der Waals surface area contributed by atoms with E-state index in [1.807, 2.05) is 78.9 Å². The number of rotatable bonds is 4. The third-order valence-corrected chi connectivity index (χ3v) is 3.22. The quantitative estimate of drug-likeness (QED) is 0.649. The van der Waals surface area contributed by atoms with Gasteiger partial charge in [-0.05, 0) is 60.7 Å². The molecular formula is C18H14ClNO. The first-order chi connectivity index (χ1) is 10.3. The van der Waals surface area contributed by atoms with Crippen molar-refractivity contribution in [2.75, 3.05) is 5.32 Å². The molecule has 0 aliphatic carbocycles. The van der Waals surface area contributed by atoms with E-state index in [1.54, 1.807) is 0 Å². The molecule has 21 heavy (non-hydrogen) atoms. The summed E-state index contributed by atoms with van der Waals surface area (Å²) in [7, 11) is 0. The molecule has 0 radical (unpaired) electrons. The molecule has 0 saturated heterocycles. The summed E-state index contributed by atoms with van der Waals surface area (Å²) < 4.78 is 5.75. The number of ether oxygens (including phenoxy) is 1. The molecule has 0 aliphatic heterocycles. The Morgan fingerprint density at radius 2 is 1.14 bits per heavy atom. The predicted octanol–water partition coefficient (Wildman–Crippen LogP) is 5.88. The van der Waals surface area contributed by atoms with Crippen LogP contribution >= 0.6 is 11.6 Å². The Labute approximate surface area is 129 Å². The van der Waals surface area contributed by atoms with Crippen molar-refractivity contribution in [3.8, 4) is 11.5 Å². The van der Waals surface area contributed by atoms with Crippen LogP contribution in [0, 0.1) is 0 Å². The summed E-state index contributed by atoms with van der Waals surface area (Å²) in [5, 5.41) is 4.04. The van der Waals surface area contributed by atoms with Gasteiger partial charge in [0.05, 0.1) is 0 Å². The van der Waals surface area contributed by atoms with E-state index in [1.165, 1.54) is 0 Å². The predicted molar refractivity (Wildman–Crippen MR) is 87.7 cm³/mol. The van der Waals surface area contributed by atoms with Crippen LogP contribution in [0.25, 0.3) is 0 Å². The highest BCUT2D eigenvalue weighted by Crippen LogP contribution is 2.24. The van der Waals surface area contributed by atoms with Gasteiger partial charge in [0.1, 0.15) is 11.5 Å². The Hall–Kier alpha value is -2.45. The smallest absolute Gasteiger partial charge is 0.127 e. The minimum Gasteiger partial charge on any atom is -0.457 e. The molecule has 2 nitrogen and oxygen atoms in total. The Balaban J connectivity index is 1.68. The van der Waals surface area contributed by atoms with E-state index < -0.39 is 0 Å². The molecule has 0 spiro atoms. The van der Waals surface area contributed by atoms with E-state index in [4.69, 9.17) is 16.3 Å². The van der Waals surface area contributed by atoms with Crippen molar-refractivity contribution < 1.29 is 4.74 Å². The van der Waals surface area contributed by atoms with Crippen molar-refractivity contribution in [3.63, 3.8) is 0 Å². The normalized spacial score (nSPS) is 10.1. The second kappa shape index (κ2) is 6.33. The zero-order valence-electron chi connectivity index (χ0n) is 11.3. The standard InChI is InChI=1S/C18H14ClNO/c19-14-6-8-15(9-7-14)20-16-10-12-18(13-11-16)21-17-4-2-1-3-5-17/h1-13,20H. The van der Waals surface area contributed by atoms with Crippen LogP contribution in [-0.4, -0.2) is 0 Å². The Kier molecular flexibility index (Phi) is 4.08. The van der Waals surface area contributed by atoms with E-state index in [-0.39, 0.29) is 0 Å². The lowest BCUT2D eigenvalue weighted by Crippen LogP contribution is -1.90. The molecule has 0 aliphatic rings. The van der Waals surface area contributed by atoms with E-state index in [0.29, 0.717) is 0 Å². The van der Waals surface area contributed by atoms with Crippen molar-refractivity contribution in [1.82, 2.24) is 0 Å². The van der Waals surface area contributed by atoms with E-state index in [9.17, 15) is 0 Å². The first kappa shape index (κ1) is 13.5. The number of anilines is 2. The zero-order valence-corrected chi connectivity index (χ0v) is 12.0. The fraction of sp³-hybridized carbons (Fsp3) is 0. The van der Waals surface area contributed by atoms with Gasteiger partial charge in [-0.2, -0.15) is 0 Å². The number of para-hydroxylation sites is 1. The minimum atomic E-state index is 0.729. The van der Waals surface area contributed by atoms with Gasteiger partial charge in [0, 0.05) is 16.4 Å². The molecule has 3 rings (SSSR count). The number of hydrogen-bond acceptors (Lipinski definition) is 2. The number of nitrogens with one attached hydrogen (secondary N) is 1. The first-order valence-corrected chi connectivity index (χ1v) is 7.03. The van der Waals surface area contributed by atoms with Gasteiger partial charge in [0.25, 0.3) is 0 Å². The Morgan fingerprint density at radius 1 is 0.619 bits per heavy atom. The van der Waals surface area contributed by atoms with Crippen molar-refractivity contribution in [3.05, 3.63) is 83.9 Å². The second-order valence-corrected chi connectivity index (χ2v) is 5.01. The van der Waals surface area contributed by atoms with Gasteiger partial charge in [-0.15, -0.1) is 0 Å². The maximum Gasteiger partial charge on any atom is 0.127 e. The molecule has 104 valence electrons. The van der Waals surface area contributed by atoms with Crippen molar-refractivity contribution in [2.24, 2.45) is 0 Å². The highest BCUT2D eigenvalue weighted by molar-refractivity contribution is 6.30. The molecule has 0 amide bonds. The molecule has 0 atom stereocenters. The van der Waals surface area contributed by atoms with Gasteiger partial charge >= 0.3 is 0 Å². The molecule has 1 N–H and O–H groups in total. The van der Waals surface area contributed by atoms with Crippen LogP contribution in [0.1, 0.15) is 0 Å². The summed E-state index contributed by atoms with van der Waals surface area (Å²) in [6.45, 7) is 0. The summed E-state index contributed by atoms with van der Waals surface area (Å²) in [5.74, 6) is 1.64. The van der Waals surface area contributed by atoms with E-state index in [0.717, 1.165) is 27.9 Å². The summed E-state index contributed by atoms with van der Waals surface area (Å²) in [6.07, 6.45) is 0. The number of benzene rings is 3. The average Bonchev–Trinajstić information content (AvgIpc) is 2.53. The maximum absolute atomic E-state index is 5.87. The SMILES string of the molecule is Clc1ccc(Nc2ccc(Oc3ccccc3)cc2)cc1. The van der Waals surface area contributed by atoms with Crippen LogP contribution in [0.5, 0.6) is 11.5 Å². The summed E-state index contributed by atoms with van der Waals surface area (Å²) in [6, 6.07) is 25.2. The molecule has 0 aromatic heterocycles. The van der Waals surface area contributed by atoms with Gasteiger partial charge in [-0.25, -0.2) is 0 Å². The van der Waals surface area contributed by atoms with Crippen molar-refractivity contribution in [1.29, 1.82) is 0 Å². The molecule has 0 fully saturated rings. The van der Waals surface area contributed by atoms with E-state index in [2.05, 4.69) is 5.32 Å². The van der Waals surface area contributed by atoms with Gasteiger partial charge < -0.3 is 10.1 Å². The van der Waals surface area contributed by atoms with Crippen LogP contribution in [0.3, 0.4) is 0 Å². The summed E-state index contributed by atoms with van der Waals surface area (Å²) in [5.41, 5.74) is 1.99. The van der Waals surface area contributed by atoms with Gasteiger partial charge in [0.15, 0.2) is 0 Å². The highest BCUT2D eigenvalue weighted by Gasteiger charge is 1.98. The van der Waals surface area contributed by atoms with Crippen molar-refractivity contribution in [2.45, 2.75) is 0 Å². The first-order valence-electron chi connectivity index (χ1n) is 6.65. The van der Waals surface area contributed by atoms with Gasteiger partial charge in [-0.1, -0.05) is 29.8 Å². The molecule has 0 unspecified atom stereocenters. The molecule has 3 heteroatoms. The topological polar surface area (TPSA) is 21.3 Å². The monoisotopic (exact) mass is 295 g/mol. The summed E-state index contributed by atoms with van der Waals surface area (Å²) in [4.78, 5) is 0. The summed E-state index contributed by atoms with van der Waals surface area (Å²) >= 11 is 5.87. The Bertz CT molecular complexity index is 694. The maximum atomic E-state index is 5.87. The molecule has 3 aromatic rings. The third kappa shape index (κ3) is 3.77. The van der Waals surface area contributed by atoms with Crippen molar-refractivity contribution >= 4 is 23.0 Å². The second-order valence-electron chi connectivity index (χ2n) is 4.57. The van der Waals surface area contributed by atoms with Crippen LogP contribution in [0.2, 0.25) is 5.02 Å². The molecular weight excluding hydrogens is 282 g/mol. The number of hydrogen-bond donors (Lipinski definition) is 1. The van der Waals surface area contributed by atoms with Gasteiger partial charge in [0.2, 0.25) is 0 Å². The average molecular weight is 296 g/mol. The Morgan fingerprint density at radius 3 is 1.76 bits per heavy atom.